The first kappa shape index (κ1) is 18.3. The molecule has 0 spiro atoms. The molecule has 2 N–H and O–H groups in total. The van der Waals surface area contributed by atoms with Crippen molar-refractivity contribution in [1.82, 2.24) is 5.32 Å². The minimum absolute atomic E-state index is 0.0306. The average molecular weight is 344 g/mol. The second-order valence-corrected chi connectivity index (χ2v) is 5.71. The summed E-state index contributed by atoms with van der Waals surface area (Å²) in [6, 6.07) is 11.0. The van der Waals surface area contributed by atoms with E-state index in [-0.39, 0.29) is 42.2 Å². The van der Waals surface area contributed by atoms with Crippen molar-refractivity contribution in [2.75, 3.05) is 6.61 Å². The van der Waals surface area contributed by atoms with Crippen LogP contribution in [0.3, 0.4) is 0 Å². The number of nitro groups is 1. The van der Waals surface area contributed by atoms with E-state index >= 15 is 0 Å². The number of benzene rings is 2. The monoisotopic (exact) mass is 344 g/mol. The molecule has 0 aliphatic heterocycles. The highest BCUT2D eigenvalue weighted by Crippen LogP contribution is 2.27. The van der Waals surface area contributed by atoms with Gasteiger partial charge >= 0.3 is 5.69 Å². The van der Waals surface area contributed by atoms with Crippen molar-refractivity contribution < 1.29 is 19.6 Å². The molecule has 0 fully saturated rings. The van der Waals surface area contributed by atoms with Crippen molar-refractivity contribution in [2.24, 2.45) is 0 Å². The van der Waals surface area contributed by atoms with Crippen LogP contribution in [0.1, 0.15) is 30.5 Å². The molecule has 132 valence electrons. The van der Waals surface area contributed by atoms with E-state index in [0.29, 0.717) is 0 Å². The van der Waals surface area contributed by atoms with Crippen LogP contribution in [0.4, 0.5) is 5.69 Å². The molecular weight excluding hydrogens is 324 g/mol. The van der Waals surface area contributed by atoms with Gasteiger partial charge in [-0.25, -0.2) is 0 Å². The topological polar surface area (TPSA) is 102 Å². The van der Waals surface area contributed by atoms with Crippen LogP contribution in [0.2, 0.25) is 0 Å². The predicted molar refractivity (Wildman–Crippen MR) is 92.6 cm³/mol. The highest BCUT2D eigenvalue weighted by molar-refractivity contribution is 5.76. The summed E-state index contributed by atoms with van der Waals surface area (Å²) in [5.41, 5.74) is 1.49. The highest BCUT2D eigenvalue weighted by atomic mass is 16.6. The first-order chi connectivity index (χ1) is 11.9. The van der Waals surface area contributed by atoms with E-state index in [1.807, 2.05) is 0 Å². The number of amides is 1. The summed E-state index contributed by atoms with van der Waals surface area (Å²) in [5, 5.41) is 23.2. The fourth-order valence-corrected chi connectivity index (χ4v) is 2.33. The summed E-state index contributed by atoms with van der Waals surface area (Å²) in [6.07, 6.45) is 0.0637. The number of ether oxygens (including phenoxy) is 1. The molecule has 1 atom stereocenters. The number of nitrogens with zero attached hydrogens (tertiary/aromatic N) is 1. The van der Waals surface area contributed by atoms with Crippen LogP contribution in [0.5, 0.6) is 11.5 Å². The zero-order valence-electron chi connectivity index (χ0n) is 14.1. The highest BCUT2D eigenvalue weighted by Gasteiger charge is 2.16. The Labute approximate surface area is 145 Å². The number of phenols is 1. The van der Waals surface area contributed by atoms with E-state index in [0.717, 1.165) is 11.1 Å². The molecule has 7 nitrogen and oxygen atoms in total. The van der Waals surface area contributed by atoms with Gasteiger partial charge in [0.15, 0.2) is 5.75 Å². The molecule has 0 saturated carbocycles. The molecule has 0 radical (unpaired) electrons. The van der Waals surface area contributed by atoms with E-state index in [9.17, 15) is 20.0 Å². The lowest BCUT2D eigenvalue weighted by atomic mass is 10.1. The Morgan fingerprint density at radius 1 is 1.32 bits per heavy atom. The van der Waals surface area contributed by atoms with Crippen LogP contribution in [0.15, 0.2) is 42.5 Å². The molecule has 0 aromatic heterocycles. The van der Waals surface area contributed by atoms with E-state index in [2.05, 4.69) is 5.32 Å². The largest absolute Gasteiger partial charge is 0.508 e. The summed E-state index contributed by atoms with van der Waals surface area (Å²) < 4.78 is 5.41. The van der Waals surface area contributed by atoms with Crippen molar-refractivity contribution in [3.8, 4) is 11.5 Å². The van der Waals surface area contributed by atoms with Gasteiger partial charge in [0.05, 0.1) is 24.0 Å². The molecule has 0 bridgehead atoms. The number of hydrogen-bond acceptors (Lipinski definition) is 5. The predicted octanol–water partition coefficient (Wildman–Crippen LogP) is 3.26. The molecule has 0 aliphatic carbocycles. The Morgan fingerprint density at radius 2 is 2.08 bits per heavy atom. The van der Waals surface area contributed by atoms with Gasteiger partial charge in [-0.3, -0.25) is 14.9 Å². The lowest BCUT2D eigenvalue weighted by Gasteiger charge is -2.15. The SMILES string of the molecule is Cc1ccc([N+](=O)[O-])c(OCCC(=O)NC(C)c2cccc(O)c2)c1. The fraction of sp³-hybridized carbons (Fsp3) is 0.278. The molecule has 2 aromatic rings. The molecule has 25 heavy (non-hydrogen) atoms. The number of hydrogen-bond donors (Lipinski definition) is 2. The maximum absolute atomic E-state index is 12.0. The van der Waals surface area contributed by atoms with Gasteiger partial charge in [-0.1, -0.05) is 18.2 Å². The minimum Gasteiger partial charge on any atom is -0.508 e. The second-order valence-electron chi connectivity index (χ2n) is 5.71. The summed E-state index contributed by atoms with van der Waals surface area (Å²) in [6.45, 7) is 3.64. The van der Waals surface area contributed by atoms with Gasteiger partial charge in [-0.05, 0) is 43.2 Å². The van der Waals surface area contributed by atoms with Gasteiger partial charge < -0.3 is 15.2 Å². The van der Waals surface area contributed by atoms with E-state index < -0.39 is 4.92 Å². The smallest absolute Gasteiger partial charge is 0.310 e. The van der Waals surface area contributed by atoms with Crippen molar-refractivity contribution in [3.05, 3.63) is 63.7 Å². The van der Waals surface area contributed by atoms with Gasteiger partial charge in [0.25, 0.3) is 0 Å². The molecule has 7 heteroatoms. The molecule has 2 aromatic carbocycles. The quantitative estimate of drug-likeness (QED) is 0.593. The van der Waals surface area contributed by atoms with Gasteiger partial charge in [0, 0.05) is 6.07 Å². The second kappa shape index (κ2) is 8.14. The van der Waals surface area contributed by atoms with Gasteiger partial charge in [-0.2, -0.15) is 0 Å². The number of carbonyl (C=O) groups is 1. The lowest BCUT2D eigenvalue weighted by molar-refractivity contribution is -0.385. The molecule has 0 heterocycles. The summed E-state index contributed by atoms with van der Waals surface area (Å²) in [4.78, 5) is 22.5. The Balaban J connectivity index is 1.89. The third-order valence-electron chi connectivity index (χ3n) is 3.65. The van der Waals surface area contributed by atoms with Crippen molar-refractivity contribution in [3.63, 3.8) is 0 Å². The molecular formula is C18H20N2O5. The standard InChI is InChI=1S/C18H20N2O5/c1-12-6-7-16(20(23)24)17(10-12)25-9-8-18(22)19-13(2)14-4-3-5-15(21)11-14/h3-7,10-11,13,21H,8-9H2,1-2H3,(H,19,22). The van der Waals surface area contributed by atoms with Crippen LogP contribution in [-0.2, 0) is 4.79 Å². The number of aryl methyl sites for hydroxylation is 1. The Hall–Kier alpha value is -3.09. The number of carbonyl (C=O) groups excluding carboxylic acids is 1. The summed E-state index contributed by atoms with van der Waals surface area (Å²) in [5.74, 6) is 0.0404. The fourth-order valence-electron chi connectivity index (χ4n) is 2.33. The first-order valence-corrected chi connectivity index (χ1v) is 7.83. The van der Waals surface area contributed by atoms with Crippen molar-refractivity contribution in [1.29, 1.82) is 0 Å². The zero-order valence-corrected chi connectivity index (χ0v) is 14.1. The molecule has 1 amide bonds. The van der Waals surface area contributed by atoms with E-state index in [1.54, 1.807) is 50.2 Å². The molecule has 2 rings (SSSR count). The van der Waals surface area contributed by atoms with Gasteiger partial charge in [0.1, 0.15) is 5.75 Å². The van der Waals surface area contributed by atoms with Crippen LogP contribution in [-0.4, -0.2) is 22.5 Å². The normalized spacial score (nSPS) is 11.6. The molecule has 1 unspecified atom stereocenters. The van der Waals surface area contributed by atoms with Gasteiger partial charge in [-0.15, -0.1) is 0 Å². The number of nitrogens with one attached hydrogen (secondary N) is 1. The summed E-state index contributed by atoms with van der Waals surface area (Å²) in [7, 11) is 0. The van der Waals surface area contributed by atoms with Gasteiger partial charge in [0.2, 0.25) is 5.91 Å². The Bertz CT molecular complexity index is 776. The molecule has 0 aliphatic rings. The van der Waals surface area contributed by atoms with Crippen LogP contribution in [0, 0.1) is 17.0 Å². The third kappa shape index (κ3) is 5.20. The van der Waals surface area contributed by atoms with E-state index in [1.165, 1.54) is 6.07 Å². The van der Waals surface area contributed by atoms with Crippen LogP contribution >= 0.6 is 0 Å². The van der Waals surface area contributed by atoms with E-state index in [4.69, 9.17) is 4.74 Å². The zero-order chi connectivity index (χ0) is 18.4. The number of nitro benzene ring substituents is 1. The lowest BCUT2D eigenvalue weighted by Crippen LogP contribution is -2.27. The minimum atomic E-state index is -0.515. The Kier molecular flexibility index (Phi) is 5.94. The third-order valence-corrected chi connectivity index (χ3v) is 3.65. The average Bonchev–Trinajstić information content (AvgIpc) is 2.54. The molecule has 0 saturated heterocycles. The Morgan fingerprint density at radius 3 is 2.76 bits per heavy atom. The maximum Gasteiger partial charge on any atom is 0.310 e. The number of aromatic hydroxyl groups is 1. The summed E-state index contributed by atoms with van der Waals surface area (Å²) >= 11 is 0. The first-order valence-electron chi connectivity index (χ1n) is 7.83. The van der Waals surface area contributed by atoms with Crippen molar-refractivity contribution >= 4 is 11.6 Å². The van der Waals surface area contributed by atoms with Crippen LogP contribution in [0.25, 0.3) is 0 Å². The number of phenolic OH excluding ortho intramolecular Hbond substituents is 1. The van der Waals surface area contributed by atoms with Crippen molar-refractivity contribution in [2.45, 2.75) is 26.3 Å². The number of rotatable bonds is 7. The van der Waals surface area contributed by atoms with Crippen LogP contribution < -0.4 is 10.1 Å². The maximum atomic E-state index is 12.0.